The third-order valence-electron chi connectivity index (χ3n) is 6.62. The molecule has 3 aromatic rings. The number of aromatic nitrogens is 5. The average Bonchev–Trinajstić information content (AvgIpc) is 3.49. The van der Waals surface area contributed by atoms with Gasteiger partial charge in [-0.15, -0.1) is 0 Å². The van der Waals surface area contributed by atoms with Gasteiger partial charge in [-0.05, 0) is 56.7 Å². The molecule has 0 unspecified atom stereocenters. The number of aliphatic hydroxyl groups excluding tert-OH is 1. The molecule has 9 nitrogen and oxygen atoms in total. The van der Waals surface area contributed by atoms with Crippen molar-refractivity contribution in [3.8, 4) is 0 Å². The lowest BCUT2D eigenvalue weighted by atomic mass is 10.1. The van der Waals surface area contributed by atoms with E-state index in [9.17, 15) is 9.90 Å². The molecule has 0 radical (unpaired) electrons. The quantitative estimate of drug-likeness (QED) is 0.566. The number of H-pyrrole nitrogens is 1. The number of aromatic amines is 1. The van der Waals surface area contributed by atoms with Gasteiger partial charge in [0.1, 0.15) is 5.82 Å². The van der Waals surface area contributed by atoms with Crippen molar-refractivity contribution >= 4 is 11.7 Å². The van der Waals surface area contributed by atoms with Crippen molar-refractivity contribution in [2.75, 3.05) is 18.0 Å². The molecule has 0 saturated carbocycles. The van der Waals surface area contributed by atoms with E-state index in [0.717, 1.165) is 67.2 Å². The van der Waals surface area contributed by atoms with Crippen molar-refractivity contribution in [3.05, 3.63) is 58.3 Å². The van der Waals surface area contributed by atoms with E-state index < -0.39 is 0 Å². The Morgan fingerprint density at radius 3 is 2.84 bits per heavy atom. The third-order valence-corrected chi connectivity index (χ3v) is 6.62. The fourth-order valence-electron chi connectivity index (χ4n) is 4.64. The van der Waals surface area contributed by atoms with E-state index >= 15 is 0 Å². The summed E-state index contributed by atoms with van der Waals surface area (Å²) in [5, 5.41) is 24.6. The van der Waals surface area contributed by atoms with E-state index in [1.54, 1.807) is 17.1 Å². The molecular formula is C23H29N7O2. The number of piperidine rings is 1. The van der Waals surface area contributed by atoms with Crippen LogP contribution in [0.1, 0.15) is 63.9 Å². The van der Waals surface area contributed by atoms with Gasteiger partial charge in [-0.25, -0.2) is 4.98 Å². The number of anilines is 1. The SMILES string of the molecule is Cc1nc(N2CCC(O)CC2)ccc1Cn1cc(C(=O)N[C@@H]2CCc3c2n[nH]c3C)cn1. The van der Waals surface area contributed by atoms with Crippen molar-refractivity contribution in [1.29, 1.82) is 0 Å². The standard InChI is InChI=1S/C23H29N7O2/c1-14-16(3-6-21(25-14)29-9-7-18(31)8-10-29)12-30-13-17(11-24-30)23(32)26-20-5-4-19-15(2)27-28-22(19)20/h3,6,11,13,18,20,31H,4-5,7-10,12H2,1-2H3,(H,26,32)(H,27,28)/t20-/m1/s1. The molecular weight excluding hydrogens is 406 g/mol. The lowest BCUT2D eigenvalue weighted by Crippen LogP contribution is -2.36. The summed E-state index contributed by atoms with van der Waals surface area (Å²) >= 11 is 0. The van der Waals surface area contributed by atoms with Gasteiger partial charge >= 0.3 is 0 Å². The summed E-state index contributed by atoms with van der Waals surface area (Å²) in [6.45, 7) is 6.21. The van der Waals surface area contributed by atoms with Gasteiger partial charge in [0, 0.05) is 30.7 Å². The topological polar surface area (TPSA) is 112 Å². The number of fused-ring (bicyclic) bond motifs is 1. The van der Waals surface area contributed by atoms with Gasteiger partial charge in [-0.3, -0.25) is 14.6 Å². The van der Waals surface area contributed by atoms with Crippen LogP contribution in [0, 0.1) is 13.8 Å². The second kappa shape index (κ2) is 8.38. The van der Waals surface area contributed by atoms with Crippen LogP contribution in [0.5, 0.6) is 0 Å². The van der Waals surface area contributed by atoms with Gasteiger partial charge in [0.25, 0.3) is 5.91 Å². The average molecular weight is 436 g/mol. The van der Waals surface area contributed by atoms with Crippen LogP contribution < -0.4 is 10.2 Å². The highest BCUT2D eigenvalue weighted by molar-refractivity contribution is 5.94. The number of rotatable bonds is 5. The normalized spacial score (nSPS) is 18.7. The van der Waals surface area contributed by atoms with Gasteiger partial charge in [-0.2, -0.15) is 10.2 Å². The number of nitrogens with one attached hydrogen (secondary N) is 2. The molecule has 0 bridgehead atoms. The van der Waals surface area contributed by atoms with E-state index in [1.807, 2.05) is 19.9 Å². The molecule has 3 N–H and O–H groups in total. The Morgan fingerprint density at radius 2 is 2.06 bits per heavy atom. The molecule has 9 heteroatoms. The number of carbonyl (C=O) groups is 1. The highest BCUT2D eigenvalue weighted by Gasteiger charge is 2.28. The predicted octanol–water partition coefficient (Wildman–Crippen LogP) is 2.04. The first-order valence-corrected chi connectivity index (χ1v) is 11.2. The van der Waals surface area contributed by atoms with Crippen molar-refractivity contribution in [3.63, 3.8) is 0 Å². The molecule has 5 rings (SSSR count). The maximum Gasteiger partial charge on any atom is 0.255 e. The van der Waals surface area contributed by atoms with Crippen molar-refractivity contribution in [2.45, 2.75) is 58.2 Å². The minimum atomic E-state index is -0.197. The number of hydrogen-bond acceptors (Lipinski definition) is 6. The largest absolute Gasteiger partial charge is 0.393 e. The van der Waals surface area contributed by atoms with Gasteiger partial charge < -0.3 is 15.3 Å². The van der Waals surface area contributed by atoms with Crippen LogP contribution in [0.3, 0.4) is 0 Å². The summed E-state index contributed by atoms with van der Waals surface area (Å²) in [6.07, 6.45) is 6.56. The van der Waals surface area contributed by atoms with Crippen LogP contribution in [0.25, 0.3) is 0 Å². The summed E-state index contributed by atoms with van der Waals surface area (Å²) in [4.78, 5) is 19.7. The van der Waals surface area contributed by atoms with E-state index in [2.05, 4.69) is 31.6 Å². The molecule has 32 heavy (non-hydrogen) atoms. The van der Waals surface area contributed by atoms with E-state index in [0.29, 0.717) is 12.1 Å². The summed E-state index contributed by atoms with van der Waals surface area (Å²) in [5.74, 6) is 0.815. The van der Waals surface area contributed by atoms with E-state index in [4.69, 9.17) is 4.98 Å². The molecule has 1 fully saturated rings. The highest BCUT2D eigenvalue weighted by Crippen LogP contribution is 2.31. The van der Waals surface area contributed by atoms with Crippen LogP contribution in [-0.2, 0) is 13.0 Å². The highest BCUT2D eigenvalue weighted by atomic mass is 16.3. The molecule has 0 spiro atoms. The molecule has 3 aromatic heterocycles. The zero-order valence-electron chi connectivity index (χ0n) is 18.5. The maximum atomic E-state index is 12.8. The van der Waals surface area contributed by atoms with Gasteiger partial charge in [0.2, 0.25) is 0 Å². The van der Waals surface area contributed by atoms with Crippen LogP contribution in [0.2, 0.25) is 0 Å². The fourth-order valence-corrected chi connectivity index (χ4v) is 4.64. The lowest BCUT2D eigenvalue weighted by Gasteiger charge is -2.30. The third kappa shape index (κ3) is 4.00. The summed E-state index contributed by atoms with van der Waals surface area (Å²) in [7, 11) is 0. The molecule has 1 saturated heterocycles. The fraction of sp³-hybridized carbons (Fsp3) is 0.478. The maximum absolute atomic E-state index is 12.8. The minimum absolute atomic E-state index is 0.0549. The Kier molecular flexibility index (Phi) is 5.42. The van der Waals surface area contributed by atoms with Crippen molar-refractivity contribution in [2.24, 2.45) is 0 Å². The molecule has 1 atom stereocenters. The lowest BCUT2D eigenvalue weighted by molar-refractivity contribution is 0.0935. The first-order valence-electron chi connectivity index (χ1n) is 11.2. The second-order valence-electron chi connectivity index (χ2n) is 8.84. The first kappa shape index (κ1) is 20.7. The Balaban J connectivity index is 1.23. The Labute approximate surface area is 186 Å². The predicted molar refractivity (Wildman–Crippen MR) is 120 cm³/mol. The zero-order valence-corrected chi connectivity index (χ0v) is 18.5. The summed E-state index contributed by atoms with van der Waals surface area (Å²) in [5.41, 5.74) is 5.81. The minimum Gasteiger partial charge on any atom is -0.393 e. The van der Waals surface area contributed by atoms with Crippen LogP contribution in [-0.4, -0.2) is 55.2 Å². The monoisotopic (exact) mass is 435 g/mol. The summed E-state index contributed by atoms with van der Waals surface area (Å²) < 4.78 is 1.77. The first-order chi connectivity index (χ1) is 15.5. The molecule has 168 valence electrons. The molecule has 4 heterocycles. The number of aryl methyl sites for hydroxylation is 2. The van der Waals surface area contributed by atoms with Crippen LogP contribution >= 0.6 is 0 Å². The van der Waals surface area contributed by atoms with E-state index in [-0.39, 0.29) is 18.1 Å². The molecule has 1 aliphatic carbocycles. The summed E-state index contributed by atoms with van der Waals surface area (Å²) in [6, 6.07) is 4.05. The number of nitrogens with zero attached hydrogens (tertiary/aromatic N) is 5. The molecule has 1 aliphatic heterocycles. The van der Waals surface area contributed by atoms with Crippen LogP contribution in [0.15, 0.2) is 24.5 Å². The van der Waals surface area contributed by atoms with Gasteiger partial charge in [0.05, 0.1) is 36.1 Å². The second-order valence-corrected chi connectivity index (χ2v) is 8.84. The van der Waals surface area contributed by atoms with Crippen LogP contribution in [0.4, 0.5) is 5.82 Å². The number of pyridine rings is 1. The van der Waals surface area contributed by atoms with Gasteiger partial charge in [-0.1, -0.05) is 6.07 Å². The molecule has 1 amide bonds. The molecule has 0 aromatic carbocycles. The number of amides is 1. The van der Waals surface area contributed by atoms with E-state index in [1.165, 1.54) is 5.56 Å². The Hall–Kier alpha value is -3.20. The Morgan fingerprint density at radius 1 is 1.25 bits per heavy atom. The van der Waals surface area contributed by atoms with Crippen molar-refractivity contribution < 1.29 is 9.90 Å². The molecule has 2 aliphatic rings. The van der Waals surface area contributed by atoms with Gasteiger partial charge in [0.15, 0.2) is 0 Å². The van der Waals surface area contributed by atoms with Crippen molar-refractivity contribution in [1.82, 2.24) is 30.3 Å². The number of carbonyl (C=O) groups excluding carboxylic acids is 1. The Bertz CT molecular complexity index is 1130. The zero-order chi connectivity index (χ0) is 22.2. The number of hydrogen-bond donors (Lipinski definition) is 3. The smallest absolute Gasteiger partial charge is 0.255 e. The number of aliphatic hydroxyl groups is 1.